The van der Waals surface area contributed by atoms with Crippen molar-refractivity contribution in [2.24, 2.45) is 0 Å². The molecule has 0 spiro atoms. The molecule has 0 aromatic rings. The van der Waals surface area contributed by atoms with Crippen LogP contribution in [-0.2, 0) is 4.79 Å². The largest absolute Gasteiger partial charge is 0.510 e. The molecule has 0 aromatic heterocycles. The van der Waals surface area contributed by atoms with E-state index >= 15 is 0 Å². The highest BCUT2D eigenvalue weighted by Crippen LogP contribution is 2.15. The second-order valence-electron chi connectivity index (χ2n) is 7.73. The third-order valence-corrected chi connectivity index (χ3v) is 4.95. The smallest absolute Gasteiger partial charge is 0.164 e. The van der Waals surface area contributed by atoms with Gasteiger partial charge in [-0.25, -0.2) is 0 Å². The summed E-state index contributed by atoms with van der Waals surface area (Å²) in [5.74, 6) is -0.704. The summed E-state index contributed by atoms with van der Waals surface area (Å²) in [6.45, 7) is 5.50. The van der Waals surface area contributed by atoms with Gasteiger partial charge in [-0.3, -0.25) is 4.79 Å². The van der Waals surface area contributed by atoms with Crippen LogP contribution in [0, 0.1) is 0 Å². The highest BCUT2D eigenvalue weighted by atomic mass is 16.4. The number of aliphatic hydroxyl groups is 3. The molecule has 26 heavy (non-hydrogen) atoms. The first kappa shape index (κ1) is 25.1. The van der Waals surface area contributed by atoms with E-state index in [0.717, 1.165) is 19.3 Å². The van der Waals surface area contributed by atoms with Crippen molar-refractivity contribution in [1.82, 2.24) is 0 Å². The second-order valence-corrected chi connectivity index (χ2v) is 7.73. The van der Waals surface area contributed by atoms with Crippen LogP contribution in [0.15, 0.2) is 11.3 Å². The number of carbonyl (C=O) groups excluding carboxylic acids is 1. The zero-order chi connectivity index (χ0) is 19.8. The molecular formula is C22H42O4. The molecule has 2 unspecified atom stereocenters. The molecular weight excluding hydrogens is 328 g/mol. The minimum absolute atomic E-state index is 0.256. The molecule has 4 nitrogen and oxygen atoms in total. The summed E-state index contributed by atoms with van der Waals surface area (Å²) < 4.78 is 0. The van der Waals surface area contributed by atoms with Gasteiger partial charge in [0.25, 0.3) is 0 Å². The van der Waals surface area contributed by atoms with Gasteiger partial charge in [-0.1, -0.05) is 84.0 Å². The van der Waals surface area contributed by atoms with Crippen molar-refractivity contribution >= 4 is 5.78 Å². The minimum atomic E-state index is -1.53. The molecule has 0 fully saturated rings. The van der Waals surface area contributed by atoms with E-state index in [4.69, 9.17) is 0 Å². The molecule has 0 aliphatic rings. The van der Waals surface area contributed by atoms with Crippen LogP contribution in [0.2, 0.25) is 0 Å². The predicted molar refractivity (Wildman–Crippen MR) is 108 cm³/mol. The Kier molecular flexibility index (Phi) is 15.8. The van der Waals surface area contributed by atoms with E-state index in [1.54, 1.807) is 13.8 Å². The van der Waals surface area contributed by atoms with Gasteiger partial charge in [0.05, 0.1) is 0 Å². The van der Waals surface area contributed by atoms with Crippen molar-refractivity contribution in [2.75, 3.05) is 0 Å². The number of carbonyl (C=O) groups is 1. The lowest BCUT2D eigenvalue weighted by atomic mass is 10.00. The number of hydrogen-bond acceptors (Lipinski definition) is 4. The van der Waals surface area contributed by atoms with E-state index < -0.39 is 18.0 Å². The summed E-state index contributed by atoms with van der Waals surface area (Å²) in [5, 5.41) is 29.2. The second kappa shape index (κ2) is 16.3. The molecule has 154 valence electrons. The maximum absolute atomic E-state index is 11.9. The maximum Gasteiger partial charge on any atom is 0.164 e. The molecule has 0 heterocycles. The fraction of sp³-hybridized carbons (Fsp3) is 0.864. The van der Waals surface area contributed by atoms with Crippen LogP contribution in [0.25, 0.3) is 0 Å². The summed E-state index contributed by atoms with van der Waals surface area (Å²) in [4.78, 5) is 11.9. The van der Waals surface area contributed by atoms with Crippen LogP contribution in [0.1, 0.15) is 111 Å². The van der Waals surface area contributed by atoms with Gasteiger partial charge in [0, 0.05) is 6.42 Å². The van der Waals surface area contributed by atoms with Crippen LogP contribution in [0.4, 0.5) is 0 Å². The first-order chi connectivity index (χ1) is 12.4. The highest BCUT2D eigenvalue weighted by molar-refractivity contribution is 5.83. The van der Waals surface area contributed by atoms with E-state index in [1.165, 1.54) is 64.2 Å². The average molecular weight is 371 g/mol. The molecule has 2 atom stereocenters. The van der Waals surface area contributed by atoms with Crippen LogP contribution >= 0.6 is 0 Å². The normalized spacial score (nSPS) is 13.4. The Morgan fingerprint density at radius 3 is 1.46 bits per heavy atom. The first-order valence-corrected chi connectivity index (χ1v) is 10.7. The lowest BCUT2D eigenvalue weighted by molar-refractivity contribution is -0.132. The van der Waals surface area contributed by atoms with Crippen LogP contribution in [0.3, 0.4) is 0 Å². The number of Topliss-reactive ketones (excluding diaryl/α,β-unsaturated/α-hetero) is 1. The van der Waals surface area contributed by atoms with Crippen molar-refractivity contribution in [3.05, 3.63) is 11.3 Å². The van der Waals surface area contributed by atoms with Gasteiger partial charge < -0.3 is 15.3 Å². The zero-order valence-corrected chi connectivity index (χ0v) is 17.3. The summed E-state index contributed by atoms with van der Waals surface area (Å²) in [7, 11) is 0. The third-order valence-electron chi connectivity index (χ3n) is 4.95. The van der Waals surface area contributed by atoms with E-state index in [-0.39, 0.29) is 12.2 Å². The van der Waals surface area contributed by atoms with Crippen molar-refractivity contribution in [3.63, 3.8) is 0 Å². The molecule has 0 bridgehead atoms. The molecule has 0 radical (unpaired) electrons. The number of allylic oxidation sites excluding steroid dienone is 1. The molecule has 0 rings (SSSR count). The average Bonchev–Trinajstić information content (AvgIpc) is 2.63. The zero-order valence-electron chi connectivity index (χ0n) is 17.3. The number of unbranched alkanes of at least 4 members (excludes halogenated alkanes) is 12. The van der Waals surface area contributed by atoms with Crippen LogP contribution in [-0.4, -0.2) is 33.3 Å². The van der Waals surface area contributed by atoms with E-state index in [9.17, 15) is 20.1 Å². The number of hydrogen-bond donors (Lipinski definition) is 3. The SMILES string of the molecule is CCCCCCCCCCCCCCCC(=O)C(O)C(O)C(O)=C(C)C. The molecule has 0 aliphatic heterocycles. The molecule has 3 N–H and O–H groups in total. The standard InChI is InChI=1S/C22H42O4/c1-4-5-6-7-8-9-10-11-12-13-14-15-16-17-19(23)21(25)22(26)20(24)18(2)3/h21-22,24-26H,4-17H2,1-3H3. The summed E-state index contributed by atoms with van der Waals surface area (Å²) in [6, 6.07) is 0. The van der Waals surface area contributed by atoms with E-state index in [1.807, 2.05) is 0 Å². The van der Waals surface area contributed by atoms with Gasteiger partial charge in [-0.15, -0.1) is 0 Å². The number of ketones is 1. The molecule has 4 heteroatoms. The highest BCUT2D eigenvalue weighted by Gasteiger charge is 2.27. The summed E-state index contributed by atoms with van der Waals surface area (Å²) in [5.41, 5.74) is 0.505. The van der Waals surface area contributed by atoms with Gasteiger partial charge in [-0.2, -0.15) is 0 Å². The quantitative estimate of drug-likeness (QED) is 0.230. The number of rotatable bonds is 17. The molecule has 0 aromatic carbocycles. The molecule has 0 aliphatic carbocycles. The fourth-order valence-electron chi connectivity index (χ4n) is 3.09. The van der Waals surface area contributed by atoms with Gasteiger partial charge >= 0.3 is 0 Å². The molecule has 0 saturated carbocycles. The Morgan fingerprint density at radius 1 is 0.692 bits per heavy atom. The van der Waals surface area contributed by atoms with Crippen LogP contribution < -0.4 is 0 Å². The Bertz CT molecular complexity index is 386. The van der Waals surface area contributed by atoms with Gasteiger partial charge in [-0.05, 0) is 25.8 Å². The lowest BCUT2D eigenvalue weighted by Gasteiger charge is -2.17. The molecule has 0 amide bonds. The van der Waals surface area contributed by atoms with E-state index in [2.05, 4.69) is 6.92 Å². The first-order valence-electron chi connectivity index (χ1n) is 10.7. The van der Waals surface area contributed by atoms with Gasteiger partial charge in [0.2, 0.25) is 0 Å². The summed E-state index contributed by atoms with van der Waals surface area (Å²) in [6.07, 6.45) is 13.3. The third kappa shape index (κ3) is 12.5. The maximum atomic E-state index is 11.9. The van der Waals surface area contributed by atoms with E-state index in [0.29, 0.717) is 5.57 Å². The topological polar surface area (TPSA) is 77.8 Å². The summed E-state index contributed by atoms with van der Waals surface area (Å²) >= 11 is 0. The van der Waals surface area contributed by atoms with Crippen molar-refractivity contribution in [2.45, 2.75) is 123 Å². The van der Waals surface area contributed by atoms with Crippen molar-refractivity contribution in [1.29, 1.82) is 0 Å². The predicted octanol–water partition coefficient (Wildman–Crippen LogP) is 5.61. The molecule has 0 saturated heterocycles. The Hall–Kier alpha value is -0.870. The van der Waals surface area contributed by atoms with Crippen molar-refractivity contribution in [3.8, 4) is 0 Å². The van der Waals surface area contributed by atoms with Crippen molar-refractivity contribution < 1.29 is 20.1 Å². The Morgan fingerprint density at radius 2 is 1.08 bits per heavy atom. The number of aliphatic hydroxyl groups excluding tert-OH is 3. The fourth-order valence-corrected chi connectivity index (χ4v) is 3.09. The Labute approximate surface area is 160 Å². The lowest BCUT2D eigenvalue weighted by Crippen LogP contribution is -2.35. The van der Waals surface area contributed by atoms with Gasteiger partial charge in [0.15, 0.2) is 5.78 Å². The van der Waals surface area contributed by atoms with Crippen LogP contribution in [0.5, 0.6) is 0 Å². The monoisotopic (exact) mass is 370 g/mol. The van der Waals surface area contributed by atoms with Gasteiger partial charge in [0.1, 0.15) is 18.0 Å². The Balaban J connectivity index is 3.55. The minimum Gasteiger partial charge on any atom is -0.510 e.